The van der Waals surface area contributed by atoms with Crippen LogP contribution >= 0.6 is 0 Å². The average molecular weight is 327 g/mol. The summed E-state index contributed by atoms with van der Waals surface area (Å²) < 4.78 is 10.2. The first-order valence-corrected chi connectivity index (χ1v) is 7.51. The average Bonchev–Trinajstić information content (AvgIpc) is 2.60. The maximum Gasteiger partial charge on any atom is 0.339 e. The van der Waals surface area contributed by atoms with E-state index in [1.54, 1.807) is 24.3 Å². The predicted molar refractivity (Wildman–Crippen MR) is 85.9 cm³/mol. The van der Waals surface area contributed by atoms with Gasteiger partial charge in [0.05, 0.1) is 12.7 Å². The number of hydrogen-bond donors (Lipinski definition) is 2. The second-order valence-electron chi connectivity index (χ2n) is 5.48. The van der Waals surface area contributed by atoms with E-state index >= 15 is 0 Å². The van der Waals surface area contributed by atoms with Crippen LogP contribution in [-0.4, -0.2) is 30.2 Å². The molecule has 124 valence electrons. The molecule has 1 amide bonds. The first-order valence-electron chi connectivity index (χ1n) is 7.51. The van der Waals surface area contributed by atoms with Crippen molar-refractivity contribution in [2.45, 2.75) is 19.1 Å². The quantitative estimate of drug-likeness (QED) is 0.837. The zero-order valence-electron chi connectivity index (χ0n) is 13.1. The van der Waals surface area contributed by atoms with Crippen LogP contribution in [0.15, 0.2) is 42.5 Å². The molecule has 0 aromatic heterocycles. The number of carbonyl (C=O) groups is 2. The van der Waals surface area contributed by atoms with E-state index in [1.807, 2.05) is 12.1 Å². The molecule has 0 saturated carbocycles. The Morgan fingerprint density at radius 2 is 2.12 bits per heavy atom. The molecule has 1 aliphatic rings. The van der Waals surface area contributed by atoms with Crippen molar-refractivity contribution in [2.75, 3.05) is 7.11 Å². The van der Waals surface area contributed by atoms with Crippen molar-refractivity contribution in [3.05, 3.63) is 59.2 Å². The van der Waals surface area contributed by atoms with Gasteiger partial charge in [-0.1, -0.05) is 24.3 Å². The highest BCUT2D eigenvalue weighted by molar-refractivity contribution is 5.95. The molecule has 0 radical (unpaired) electrons. The van der Waals surface area contributed by atoms with Gasteiger partial charge in [-0.05, 0) is 29.3 Å². The first-order chi connectivity index (χ1) is 11.6. The van der Waals surface area contributed by atoms with E-state index in [2.05, 4.69) is 5.32 Å². The molecular formula is C18H17NO5. The van der Waals surface area contributed by atoms with Crippen molar-refractivity contribution in [3.8, 4) is 11.5 Å². The van der Waals surface area contributed by atoms with Gasteiger partial charge in [0.1, 0.15) is 0 Å². The summed E-state index contributed by atoms with van der Waals surface area (Å²) in [6.07, 6.45) is -0.487. The van der Waals surface area contributed by atoms with Crippen molar-refractivity contribution in [3.63, 3.8) is 0 Å². The topological polar surface area (TPSA) is 84.9 Å². The van der Waals surface area contributed by atoms with Gasteiger partial charge in [-0.2, -0.15) is 0 Å². The largest absolute Gasteiger partial charge is 0.504 e. The first kappa shape index (κ1) is 15.9. The highest BCUT2D eigenvalue weighted by Crippen LogP contribution is 2.26. The second-order valence-corrected chi connectivity index (χ2v) is 5.48. The normalized spacial score (nSPS) is 16.0. The predicted octanol–water partition coefficient (Wildman–Crippen LogP) is 1.80. The number of phenolic OH excluding ortho intramolecular Hbond substituents is 1. The number of esters is 1. The Kier molecular flexibility index (Phi) is 4.37. The fraction of sp³-hybridized carbons (Fsp3) is 0.222. The minimum absolute atomic E-state index is 0.0328. The molecule has 0 bridgehead atoms. The number of amides is 1. The fourth-order valence-electron chi connectivity index (χ4n) is 2.61. The number of cyclic esters (lactones) is 1. The molecule has 24 heavy (non-hydrogen) atoms. The summed E-state index contributed by atoms with van der Waals surface area (Å²) in [4.78, 5) is 24.2. The van der Waals surface area contributed by atoms with Crippen LogP contribution < -0.4 is 10.1 Å². The van der Waals surface area contributed by atoms with E-state index in [-0.39, 0.29) is 18.2 Å². The Hall–Kier alpha value is -3.02. The SMILES string of the molecule is COc1cc(CNC(=O)C2Cc3ccccc3C(=O)O2)ccc1O. The van der Waals surface area contributed by atoms with E-state index in [1.165, 1.54) is 13.2 Å². The summed E-state index contributed by atoms with van der Waals surface area (Å²) in [6, 6.07) is 11.9. The molecule has 1 aliphatic heterocycles. The van der Waals surface area contributed by atoms with Crippen LogP contribution in [0.1, 0.15) is 21.5 Å². The van der Waals surface area contributed by atoms with E-state index in [4.69, 9.17) is 9.47 Å². The van der Waals surface area contributed by atoms with E-state index in [9.17, 15) is 14.7 Å². The van der Waals surface area contributed by atoms with Crippen LogP contribution in [0, 0.1) is 0 Å². The summed E-state index contributed by atoms with van der Waals surface area (Å²) in [5, 5.41) is 12.3. The van der Waals surface area contributed by atoms with E-state index in [0.717, 1.165) is 11.1 Å². The van der Waals surface area contributed by atoms with Gasteiger partial charge in [-0.25, -0.2) is 4.79 Å². The van der Waals surface area contributed by atoms with Gasteiger partial charge in [-0.15, -0.1) is 0 Å². The number of methoxy groups -OCH3 is 1. The number of nitrogens with one attached hydrogen (secondary N) is 1. The van der Waals surface area contributed by atoms with Crippen LogP contribution in [0.2, 0.25) is 0 Å². The van der Waals surface area contributed by atoms with E-state index in [0.29, 0.717) is 17.7 Å². The Morgan fingerprint density at radius 1 is 1.33 bits per heavy atom. The molecule has 1 heterocycles. The third kappa shape index (κ3) is 3.17. The highest BCUT2D eigenvalue weighted by Gasteiger charge is 2.30. The van der Waals surface area contributed by atoms with Gasteiger partial charge in [0.25, 0.3) is 5.91 Å². The fourth-order valence-corrected chi connectivity index (χ4v) is 2.61. The van der Waals surface area contributed by atoms with Gasteiger partial charge in [0.15, 0.2) is 17.6 Å². The van der Waals surface area contributed by atoms with Crippen LogP contribution in [0.3, 0.4) is 0 Å². The molecule has 3 rings (SSSR count). The number of carbonyl (C=O) groups excluding carboxylic acids is 2. The van der Waals surface area contributed by atoms with Crippen molar-refractivity contribution in [2.24, 2.45) is 0 Å². The van der Waals surface area contributed by atoms with Crippen LogP contribution in [0.25, 0.3) is 0 Å². The Morgan fingerprint density at radius 3 is 2.92 bits per heavy atom. The second kappa shape index (κ2) is 6.62. The Labute approximate surface area is 139 Å². The lowest BCUT2D eigenvalue weighted by atomic mass is 9.98. The highest BCUT2D eigenvalue weighted by atomic mass is 16.5. The summed E-state index contributed by atoms with van der Waals surface area (Å²) >= 11 is 0. The minimum Gasteiger partial charge on any atom is -0.504 e. The number of fused-ring (bicyclic) bond motifs is 1. The Bertz CT molecular complexity index is 787. The van der Waals surface area contributed by atoms with Gasteiger partial charge in [0.2, 0.25) is 0 Å². The third-order valence-electron chi connectivity index (χ3n) is 3.90. The standard InChI is InChI=1S/C18H17NO5/c1-23-15-8-11(6-7-14(15)20)10-19-17(21)16-9-12-4-2-3-5-13(12)18(22)24-16/h2-8,16,20H,9-10H2,1H3,(H,19,21). The summed E-state index contributed by atoms with van der Waals surface area (Å²) in [6.45, 7) is 0.241. The zero-order chi connectivity index (χ0) is 17.1. The third-order valence-corrected chi connectivity index (χ3v) is 3.90. The summed E-state index contributed by atoms with van der Waals surface area (Å²) in [5.74, 6) is -0.474. The van der Waals surface area contributed by atoms with Crippen molar-refractivity contribution < 1.29 is 24.2 Å². The minimum atomic E-state index is -0.841. The van der Waals surface area contributed by atoms with Gasteiger partial charge < -0.3 is 19.9 Å². The molecule has 2 aromatic carbocycles. The van der Waals surface area contributed by atoms with E-state index < -0.39 is 12.1 Å². The number of phenols is 1. The van der Waals surface area contributed by atoms with Crippen molar-refractivity contribution in [1.29, 1.82) is 0 Å². The molecule has 0 aliphatic carbocycles. The van der Waals surface area contributed by atoms with Crippen molar-refractivity contribution in [1.82, 2.24) is 5.32 Å². The molecule has 1 unspecified atom stereocenters. The molecule has 1 atom stereocenters. The molecule has 6 nitrogen and oxygen atoms in total. The smallest absolute Gasteiger partial charge is 0.339 e. The molecular weight excluding hydrogens is 310 g/mol. The lowest BCUT2D eigenvalue weighted by Crippen LogP contribution is -2.41. The summed E-state index contributed by atoms with van der Waals surface area (Å²) in [5.41, 5.74) is 2.07. The lowest BCUT2D eigenvalue weighted by Gasteiger charge is -2.23. The van der Waals surface area contributed by atoms with Gasteiger partial charge >= 0.3 is 5.97 Å². The lowest BCUT2D eigenvalue weighted by molar-refractivity contribution is -0.130. The summed E-state index contributed by atoms with van der Waals surface area (Å²) in [7, 11) is 1.45. The monoisotopic (exact) mass is 327 g/mol. The molecule has 2 aromatic rings. The number of ether oxygens (including phenoxy) is 2. The number of aromatic hydroxyl groups is 1. The van der Waals surface area contributed by atoms with Gasteiger partial charge in [-0.3, -0.25) is 4.79 Å². The van der Waals surface area contributed by atoms with Gasteiger partial charge in [0, 0.05) is 13.0 Å². The molecule has 0 spiro atoms. The van der Waals surface area contributed by atoms with Crippen LogP contribution in [-0.2, 0) is 22.5 Å². The van der Waals surface area contributed by atoms with Crippen LogP contribution in [0.4, 0.5) is 0 Å². The van der Waals surface area contributed by atoms with Crippen LogP contribution in [0.5, 0.6) is 11.5 Å². The molecule has 6 heteroatoms. The molecule has 0 fully saturated rings. The number of hydrogen-bond acceptors (Lipinski definition) is 5. The number of rotatable bonds is 4. The maximum atomic E-state index is 12.3. The zero-order valence-corrected chi connectivity index (χ0v) is 13.1. The maximum absolute atomic E-state index is 12.3. The van der Waals surface area contributed by atoms with Crippen molar-refractivity contribution >= 4 is 11.9 Å². The Balaban J connectivity index is 1.65. The number of benzene rings is 2. The molecule has 2 N–H and O–H groups in total. The molecule has 0 saturated heterocycles.